The van der Waals surface area contributed by atoms with Gasteiger partial charge in [-0.2, -0.15) is 9.29 Å². The first-order chi connectivity index (χ1) is 13.6. The number of rotatable bonds is 7. The van der Waals surface area contributed by atoms with Crippen molar-refractivity contribution in [3.05, 3.63) is 64.2 Å². The average molecular weight is 421 g/mol. The first-order valence-electron chi connectivity index (χ1n) is 8.93. The van der Waals surface area contributed by atoms with Crippen LogP contribution in [0.1, 0.15) is 28.3 Å². The zero-order chi connectivity index (χ0) is 19.4. The van der Waals surface area contributed by atoms with Gasteiger partial charge in [0, 0.05) is 36.8 Å². The minimum Gasteiger partial charge on any atom is -0.366 e. The van der Waals surface area contributed by atoms with Gasteiger partial charge in [-0.15, -0.1) is 11.3 Å². The SMILES string of the molecule is O=S(=O)(CCc1ccncc1)N1CCOC(c2nc(Cc3cccs3)no2)C1. The molecule has 8 nitrogen and oxygen atoms in total. The predicted molar refractivity (Wildman–Crippen MR) is 103 cm³/mol. The Labute approximate surface area is 167 Å². The summed E-state index contributed by atoms with van der Waals surface area (Å²) in [6.07, 6.45) is 3.81. The third-order valence-electron chi connectivity index (χ3n) is 4.49. The zero-order valence-electron chi connectivity index (χ0n) is 15.1. The number of hydrogen-bond donors (Lipinski definition) is 0. The lowest BCUT2D eigenvalue weighted by atomic mass is 10.2. The zero-order valence-corrected chi connectivity index (χ0v) is 16.7. The summed E-state index contributed by atoms with van der Waals surface area (Å²) in [4.78, 5) is 9.48. The fourth-order valence-electron chi connectivity index (χ4n) is 2.99. The maximum Gasteiger partial charge on any atom is 0.257 e. The van der Waals surface area contributed by atoms with Gasteiger partial charge in [-0.25, -0.2) is 8.42 Å². The predicted octanol–water partition coefficient (Wildman–Crippen LogP) is 2.06. The van der Waals surface area contributed by atoms with E-state index in [9.17, 15) is 8.42 Å². The van der Waals surface area contributed by atoms with Crippen molar-refractivity contribution in [1.82, 2.24) is 19.4 Å². The maximum atomic E-state index is 12.7. The molecule has 0 spiro atoms. The van der Waals surface area contributed by atoms with Crippen LogP contribution in [-0.4, -0.2) is 53.3 Å². The summed E-state index contributed by atoms with van der Waals surface area (Å²) in [5.74, 6) is 0.927. The summed E-state index contributed by atoms with van der Waals surface area (Å²) in [6, 6.07) is 7.63. The van der Waals surface area contributed by atoms with Gasteiger partial charge in [-0.3, -0.25) is 4.98 Å². The molecule has 0 N–H and O–H groups in total. The maximum absolute atomic E-state index is 12.7. The van der Waals surface area contributed by atoms with Crippen molar-refractivity contribution >= 4 is 21.4 Å². The van der Waals surface area contributed by atoms with Crippen LogP contribution in [0.5, 0.6) is 0 Å². The number of aromatic nitrogens is 3. The van der Waals surface area contributed by atoms with Crippen LogP contribution in [0.15, 0.2) is 46.6 Å². The second kappa shape index (κ2) is 8.48. The standard InChI is InChI=1S/C18H20N4O4S2/c23-28(24,11-5-14-3-6-19-7-4-14)22-8-9-25-16(13-22)18-20-17(21-26-18)12-15-2-1-10-27-15/h1-4,6-7,10,16H,5,8-9,11-13H2. The molecule has 1 aliphatic heterocycles. The van der Waals surface area contributed by atoms with Crippen molar-refractivity contribution in [2.75, 3.05) is 25.4 Å². The molecule has 28 heavy (non-hydrogen) atoms. The molecule has 0 bridgehead atoms. The van der Waals surface area contributed by atoms with Gasteiger partial charge in [0.1, 0.15) is 0 Å². The van der Waals surface area contributed by atoms with Crippen LogP contribution in [0.3, 0.4) is 0 Å². The van der Waals surface area contributed by atoms with Crippen molar-refractivity contribution in [2.24, 2.45) is 0 Å². The second-order valence-corrected chi connectivity index (χ2v) is 9.56. The summed E-state index contributed by atoms with van der Waals surface area (Å²) in [7, 11) is -3.41. The molecule has 1 atom stereocenters. The van der Waals surface area contributed by atoms with E-state index in [-0.39, 0.29) is 12.3 Å². The topological polar surface area (TPSA) is 98.4 Å². The molecule has 0 aromatic carbocycles. The summed E-state index contributed by atoms with van der Waals surface area (Å²) in [6.45, 7) is 0.798. The van der Waals surface area contributed by atoms with Crippen LogP contribution < -0.4 is 0 Å². The van der Waals surface area contributed by atoms with E-state index in [1.807, 2.05) is 29.6 Å². The van der Waals surface area contributed by atoms with Gasteiger partial charge in [0.25, 0.3) is 5.89 Å². The fraction of sp³-hybridized carbons (Fsp3) is 0.389. The Morgan fingerprint density at radius 2 is 2.11 bits per heavy atom. The summed E-state index contributed by atoms with van der Waals surface area (Å²) in [5.41, 5.74) is 0.943. The summed E-state index contributed by atoms with van der Waals surface area (Å²) >= 11 is 1.63. The lowest BCUT2D eigenvalue weighted by molar-refractivity contribution is -0.0199. The van der Waals surface area contributed by atoms with Crippen molar-refractivity contribution < 1.29 is 17.7 Å². The number of nitrogens with zero attached hydrogens (tertiary/aromatic N) is 4. The van der Waals surface area contributed by atoms with Crippen LogP contribution in [0.4, 0.5) is 0 Å². The van der Waals surface area contributed by atoms with E-state index < -0.39 is 16.1 Å². The molecule has 1 saturated heterocycles. The van der Waals surface area contributed by atoms with Crippen LogP contribution in [-0.2, 0) is 27.6 Å². The van der Waals surface area contributed by atoms with E-state index in [2.05, 4.69) is 15.1 Å². The highest BCUT2D eigenvalue weighted by Gasteiger charge is 2.33. The van der Waals surface area contributed by atoms with Crippen LogP contribution in [0, 0.1) is 0 Å². The molecular formula is C18H20N4O4S2. The lowest BCUT2D eigenvalue weighted by Crippen LogP contribution is -2.43. The molecule has 0 saturated carbocycles. The minimum absolute atomic E-state index is 0.0389. The third kappa shape index (κ3) is 4.64. The molecule has 3 aromatic heterocycles. The summed E-state index contributed by atoms with van der Waals surface area (Å²) < 4.78 is 38.0. The fourth-order valence-corrected chi connectivity index (χ4v) is 5.16. The molecule has 0 amide bonds. The van der Waals surface area contributed by atoms with Gasteiger partial charge < -0.3 is 9.26 Å². The molecular weight excluding hydrogens is 400 g/mol. The molecule has 1 unspecified atom stereocenters. The highest BCUT2D eigenvalue weighted by molar-refractivity contribution is 7.89. The van der Waals surface area contributed by atoms with Gasteiger partial charge in [-0.05, 0) is 35.6 Å². The number of hydrogen-bond acceptors (Lipinski definition) is 8. The van der Waals surface area contributed by atoms with E-state index in [4.69, 9.17) is 9.26 Å². The largest absolute Gasteiger partial charge is 0.366 e. The number of sulfonamides is 1. The van der Waals surface area contributed by atoms with E-state index in [0.717, 1.165) is 10.4 Å². The number of thiophene rings is 1. The average Bonchev–Trinajstić information content (AvgIpc) is 3.40. The number of ether oxygens (including phenoxy) is 1. The van der Waals surface area contributed by atoms with Crippen molar-refractivity contribution in [3.63, 3.8) is 0 Å². The highest BCUT2D eigenvalue weighted by Crippen LogP contribution is 2.24. The molecule has 4 rings (SSSR count). The van der Waals surface area contributed by atoms with Crippen molar-refractivity contribution in [3.8, 4) is 0 Å². The molecule has 1 fully saturated rings. The summed E-state index contributed by atoms with van der Waals surface area (Å²) in [5, 5.41) is 5.99. The Hall–Kier alpha value is -2.14. The minimum atomic E-state index is -3.41. The Kier molecular flexibility index (Phi) is 5.81. The second-order valence-electron chi connectivity index (χ2n) is 6.44. The van der Waals surface area contributed by atoms with E-state index in [0.29, 0.717) is 37.7 Å². The Bertz CT molecular complexity index is 990. The molecule has 148 valence electrons. The van der Waals surface area contributed by atoms with Gasteiger partial charge in [0.2, 0.25) is 10.0 Å². The monoisotopic (exact) mass is 420 g/mol. The van der Waals surface area contributed by atoms with Gasteiger partial charge in [-0.1, -0.05) is 11.2 Å². The molecule has 1 aliphatic rings. The van der Waals surface area contributed by atoms with Crippen LogP contribution >= 0.6 is 11.3 Å². The quantitative estimate of drug-likeness (QED) is 0.577. The molecule has 10 heteroatoms. The van der Waals surface area contributed by atoms with E-state index in [1.165, 1.54) is 4.31 Å². The number of aryl methyl sites for hydroxylation is 1. The van der Waals surface area contributed by atoms with Crippen LogP contribution in [0.2, 0.25) is 0 Å². The molecule has 4 heterocycles. The van der Waals surface area contributed by atoms with Crippen molar-refractivity contribution in [1.29, 1.82) is 0 Å². The Morgan fingerprint density at radius 1 is 1.25 bits per heavy atom. The first-order valence-corrected chi connectivity index (χ1v) is 11.4. The molecule has 0 aliphatic carbocycles. The Balaban J connectivity index is 1.39. The molecule has 3 aromatic rings. The van der Waals surface area contributed by atoms with Gasteiger partial charge >= 0.3 is 0 Å². The number of pyridine rings is 1. The van der Waals surface area contributed by atoms with E-state index in [1.54, 1.807) is 23.7 Å². The normalized spacial score (nSPS) is 18.4. The van der Waals surface area contributed by atoms with Gasteiger partial charge in [0.15, 0.2) is 11.9 Å². The van der Waals surface area contributed by atoms with Gasteiger partial charge in [0.05, 0.1) is 12.4 Å². The van der Waals surface area contributed by atoms with Crippen LogP contribution in [0.25, 0.3) is 0 Å². The first kappa shape index (κ1) is 19.2. The van der Waals surface area contributed by atoms with E-state index >= 15 is 0 Å². The number of morpholine rings is 1. The van der Waals surface area contributed by atoms with Crippen molar-refractivity contribution in [2.45, 2.75) is 18.9 Å². The lowest BCUT2D eigenvalue weighted by Gasteiger charge is -2.30. The highest BCUT2D eigenvalue weighted by atomic mass is 32.2. The molecule has 0 radical (unpaired) electrons. The third-order valence-corrected chi connectivity index (χ3v) is 7.21. The smallest absolute Gasteiger partial charge is 0.257 e. The Morgan fingerprint density at radius 3 is 2.89 bits per heavy atom.